The van der Waals surface area contributed by atoms with E-state index in [2.05, 4.69) is 25.8 Å². The number of anilines is 2. The van der Waals surface area contributed by atoms with Gasteiger partial charge in [-0.15, -0.1) is 0 Å². The molecule has 3 rings (SSSR count). The van der Waals surface area contributed by atoms with Crippen molar-refractivity contribution >= 4 is 17.3 Å². The average Bonchev–Trinajstić information content (AvgIpc) is 3.07. The van der Waals surface area contributed by atoms with Crippen LogP contribution < -0.4 is 10.6 Å². The first-order valence-electron chi connectivity index (χ1n) is 6.07. The lowest BCUT2D eigenvalue weighted by Crippen LogP contribution is -2.07. The summed E-state index contributed by atoms with van der Waals surface area (Å²) < 4.78 is 6.72. The Morgan fingerprint density at radius 3 is 3.11 bits per heavy atom. The topological polar surface area (TPSA) is 80.3 Å². The molecule has 0 radical (unpaired) electrons. The summed E-state index contributed by atoms with van der Waals surface area (Å²) in [5.41, 5.74) is 1.60. The minimum absolute atomic E-state index is 0.543. The second-order valence-corrected chi connectivity index (χ2v) is 4.01. The number of hydrogen-bond acceptors (Lipinski definition) is 6. The summed E-state index contributed by atoms with van der Waals surface area (Å²) in [5.74, 6) is 1.52. The molecule has 0 atom stereocenters. The molecule has 0 spiro atoms. The monoisotopic (exact) mass is 258 g/mol. The standard InChI is InChI=1S/C12H14N6O/c1-2-13-10-8-18-5-4-14-12(18)11(16-10)15-7-9-3-6-19-17-9/h3-6,8,13H,2,7H2,1H3,(H,15,16). The second kappa shape index (κ2) is 4.97. The summed E-state index contributed by atoms with van der Waals surface area (Å²) in [5, 5.41) is 10.3. The van der Waals surface area contributed by atoms with Gasteiger partial charge in [0.05, 0.1) is 12.7 Å². The van der Waals surface area contributed by atoms with Gasteiger partial charge >= 0.3 is 0 Å². The molecule has 3 aromatic heterocycles. The van der Waals surface area contributed by atoms with Crippen LogP contribution in [0.2, 0.25) is 0 Å². The third kappa shape index (κ3) is 2.35. The van der Waals surface area contributed by atoms with E-state index in [9.17, 15) is 0 Å². The van der Waals surface area contributed by atoms with Crippen molar-refractivity contribution < 1.29 is 4.52 Å². The molecule has 0 bridgehead atoms. The quantitative estimate of drug-likeness (QED) is 0.726. The lowest BCUT2D eigenvalue weighted by Gasteiger charge is -2.09. The Hall–Kier alpha value is -2.57. The van der Waals surface area contributed by atoms with Crippen LogP contribution in [0.4, 0.5) is 11.6 Å². The molecule has 0 unspecified atom stereocenters. The van der Waals surface area contributed by atoms with Crippen LogP contribution in [-0.2, 0) is 6.54 Å². The number of hydrogen-bond donors (Lipinski definition) is 2. The molecular formula is C12H14N6O. The van der Waals surface area contributed by atoms with E-state index in [1.807, 2.05) is 29.8 Å². The fraction of sp³-hybridized carbons (Fsp3) is 0.250. The van der Waals surface area contributed by atoms with Crippen LogP contribution in [0.25, 0.3) is 5.65 Å². The fourth-order valence-electron chi connectivity index (χ4n) is 1.82. The van der Waals surface area contributed by atoms with E-state index in [1.165, 1.54) is 0 Å². The van der Waals surface area contributed by atoms with E-state index >= 15 is 0 Å². The second-order valence-electron chi connectivity index (χ2n) is 4.01. The Bertz CT molecular complexity index is 660. The maximum atomic E-state index is 4.79. The lowest BCUT2D eigenvalue weighted by atomic mass is 10.4. The van der Waals surface area contributed by atoms with E-state index in [1.54, 1.807) is 12.5 Å². The van der Waals surface area contributed by atoms with Crippen molar-refractivity contribution in [2.45, 2.75) is 13.5 Å². The third-order valence-electron chi connectivity index (χ3n) is 2.66. The molecule has 0 aromatic carbocycles. The van der Waals surface area contributed by atoms with Gasteiger partial charge in [0, 0.05) is 25.0 Å². The normalized spacial score (nSPS) is 10.8. The molecule has 3 heterocycles. The highest BCUT2D eigenvalue weighted by atomic mass is 16.5. The number of aromatic nitrogens is 4. The predicted octanol–water partition coefficient (Wildman–Crippen LogP) is 1.76. The molecule has 19 heavy (non-hydrogen) atoms. The molecule has 98 valence electrons. The van der Waals surface area contributed by atoms with Crippen LogP contribution in [0.5, 0.6) is 0 Å². The van der Waals surface area contributed by atoms with Crippen molar-refractivity contribution in [3.63, 3.8) is 0 Å². The Kier molecular flexibility index (Phi) is 3.01. The van der Waals surface area contributed by atoms with Crippen LogP contribution >= 0.6 is 0 Å². The zero-order valence-corrected chi connectivity index (χ0v) is 10.5. The molecule has 7 nitrogen and oxygen atoms in total. The van der Waals surface area contributed by atoms with Gasteiger partial charge in [0.1, 0.15) is 17.8 Å². The number of nitrogens with one attached hydrogen (secondary N) is 2. The minimum Gasteiger partial charge on any atom is -0.369 e. The van der Waals surface area contributed by atoms with Crippen LogP contribution in [0, 0.1) is 0 Å². The van der Waals surface area contributed by atoms with Crippen molar-refractivity contribution in [1.29, 1.82) is 0 Å². The fourth-order valence-corrected chi connectivity index (χ4v) is 1.82. The van der Waals surface area contributed by atoms with Gasteiger partial charge in [-0.2, -0.15) is 0 Å². The summed E-state index contributed by atoms with van der Waals surface area (Å²) in [6, 6.07) is 1.81. The first-order chi connectivity index (χ1) is 9.36. The first kappa shape index (κ1) is 11.5. The van der Waals surface area contributed by atoms with E-state index in [4.69, 9.17) is 4.52 Å². The zero-order chi connectivity index (χ0) is 13.1. The lowest BCUT2D eigenvalue weighted by molar-refractivity contribution is 0.412. The summed E-state index contributed by atoms with van der Waals surface area (Å²) in [4.78, 5) is 8.78. The molecule has 7 heteroatoms. The maximum absolute atomic E-state index is 4.79. The smallest absolute Gasteiger partial charge is 0.180 e. The minimum atomic E-state index is 0.543. The Morgan fingerprint density at radius 2 is 2.32 bits per heavy atom. The van der Waals surface area contributed by atoms with Gasteiger partial charge in [0.25, 0.3) is 0 Å². The molecule has 0 saturated carbocycles. The van der Waals surface area contributed by atoms with Gasteiger partial charge in [-0.3, -0.25) is 0 Å². The van der Waals surface area contributed by atoms with Gasteiger partial charge in [-0.25, -0.2) is 9.97 Å². The zero-order valence-electron chi connectivity index (χ0n) is 10.5. The third-order valence-corrected chi connectivity index (χ3v) is 2.66. The first-order valence-corrected chi connectivity index (χ1v) is 6.07. The Labute approximate surface area is 109 Å². The van der Waals surface area contributed by atoms with Gasteiger partial charge in [-0.05, 0) is 6.92 Å². The number of rotatable bonds is 5. The highest BCUT2D eigenvalue weighted by Gasteiger charge is 2.07. The van der Waals surface area contributed by atoms with Crippen LogP contribution in [0.3, 0.4) is 0 Å². The molecule has 0 fully saturated rings. The summed E-state index contributed by atoms with van der Waals surface area (Å²) >= 11 is 0. The summed E-state index contributed by atoms with van der Waals surface area (Å²) in [7, 11) is 0. The highest BCUT2D eigenvalue weighted by Crippen LogP contribution is 2.16. The molecule has 2 N–H and O–H groups in total. The number of nitrogens with zero attached hydrogens (tertiary/aromatic N) is 4. The molecular weight excluding hydrogens is 244 g/mol. The maximum Gasteiger partial charge on any atom is 0.180 e. The molecule has 0 amide bonds. The van der Waals surface area contributed by atoms with E-state index in [-0.39, 0.29) is 0 Å². The van der Waals surface area contributed by atoms with E-state index < -0.39 is 0 Å². The number of imidazole rings is 1. The van der Waals surface area contributed by atoms with Crippen molar-refractivity contribution in [2.24, 2.45) is 0 Å². The molecule has 0 aliphatic heterocycles. The molecule has 3 aromatic rings. The Morgan fingerprint density at radius 1 is 1.37 bits per heavy atom. The van der Waals surface area contributed by atoms with E-state index in [0.717, 1.165) is 23.7 Å². The Balaban J connectivity index is 1.89. The largest absolute Gasteiger partial charge is 0.369 e. The van der Waals surface area contributed by atoms with Gasteiger partial charge < -0.3 is 19.6 Å². The van der Waals surface area contributed by atoms with Crippen molar-refractivity contribution in [3.8, 4) is 0 Å². The summed E-state index contributed by atoms with van der Waals surface area (Å²) in [6.07, 6.45) is 7.09. The van der Waals surface area contributed by atoms with Crippen molar-refractivity contribution in [1.82, 2.24) is 19.5 Å². The molecule has 0 saturated heterocycles. The van der Waals surface area contributed by atoms with E-state index in [0.29, 0.717) is 12.4 Å². The van der Waals surface area contributed by atoms with Crippen molar-refractivity contribution in [3.05, 3.63) is 36.6 Å². The molecule has 0 aliphatic rings. The SMILES string of the molecule is CCNc1cn2ccnc2c(NCc2ccon2)n1. The highest BCUT2D eigenvalue weighted by molar-refractivity contribution is 5.65. The average molecular weight is 258 g/mol. The molecule has 0 aliphatic carbocycles. The van der Waals surface area contributed by atoms with Crippen molar-refractivity contribution in [2.75, 3.05) is 17.2 Å². The predicted molar refractivity (Wildman–Crippen MR) is 71.0 cm³/mol. The van der Waals surface area contributed by atoms with Gasteiger partial charge in [0.15, 0.2) is 11.5 Å². The van der Waals surface area contributed by atoms with Crippen LogP contribution in [0.1, 0.15) is 12.6 Å². The van der Waals surface area contributed by atoms with Crippen LogP contribution in [-0.4, -0.2) is 26.1 Å². The summed E-state index contributed by atoms with van der Waals surface area (Å²) in [6.45, 7) is 3.39. The number of fused-ring (bicyclic) bond motifs is 1. The van der Waals surface area contributed by atoms with Gasteiger partial charge in [0.2, 0.25) is 0 Å². The van der Waals surface area contributed by atoms with Crippen LogP contribution in [0.15, 0.2) is 35.4 Å². The van der Waals surface area contributed by atoms with Gasteiger partial charge in [-0.1, -0.05) is 5.16 Å².